The number of hydrogen-bond donors (Lipinski definition) is 1. The predicted octanol–water partition coefficient (Wildman–Crippen LogP) is 1.94. The van der Waals surface area contributed by atoms with E-state index in [1.807, 2.05) is 0 Å². The van der Waals surface area contributed by atoms with Crippen LogP contribution in [0.4, 0.5) is 0 Å². The van der Waals surface area contributed by atoms with E-state index in [-0.39, 0.29) is 17.2 Å². The Bertz CT molecular complexity index is 241. The lowest BCUT2D eigenvalue weighted by Gasteiger charge is -2.22. The maximum Gasteiger partial charge on any atom is 0.225 e. The summed E-state index contributed by atoms with van der Waals surface area (Å²) in [5, 5.41) is 3.27. The molecule has 0 spiro atoms. The van der Waals surface area contributed by atoms with E-state index in [0.29, 0.717) is 12.5 Å². The number of ether oxygens (including phenoxy) is 1. The van der Waals surface area contributed by atoms with Gasteiger partial charge in [-0.25, -0.2) is 0 Å². The second kappa shape index (κ2) is 5.87. The molecule has 1 saturated carbocycles. The molecule has 0 aromatic rings. The highest BCUT2D eigenvalue weighted by atomic mass is 35.5. The van der Waals surface area contributed by atoms with Crippen molar-refractivity contribution in [1.29, 1.82) is 0 Å². The molecule has 1 aliphatic carbocycles. The van der Waals surface area contributed by atoms with Crippen LogP contribution in [0.5, 0.6) is 0 Å². The third-order valence-corrected chi connectivity index (χ3v) is 4.21. The van der Waals surface area contributed by atoms with Gasteiger partial charge in [-0.2, -0.15) is 0 Å². The fraction of sp³-hybridized carbons (Fsp3) is 0.917. The summed E-state index contributed by atoms with van der Waals surface area (Å²) in [5.41, 5.74) is 0. The van der Waals surface area contributed by atoms with Gasteiger partial charge in [-0.15, -0.1) is 11.6 Å². The summed E-state index contributed by atoms with van der Waals surface area (Å²) in [6.07, 6.45) is 5.39. The first kappa shape index (κ1) is 12.2. The summed E-state index contributed by atoms with van der Waals surface area (Å²) in [4.78, 5) is 11.8. The highest BCUT2D eigenvalue weighted by Gasteiger charge is 2.27. The zero-order chi connectivity index (χ0) is 11.4. The molecule has 2 rings (SSSR count). The molecular weight excluding hydrogens is 226 g/mol. The SMILES string of the molecule is O=C(NCC1CCCC1Cl)C1CCCOC1. The van der Waals surface area contributed by atoms with Crippen LogP contribution in [-0.2, 0) is 9.53 Å². The number of carbonyl (C=O) groups excluding carboxylic acids is 1. The van der Waals surface area contributed by atoms with Gasteiger partial charge in [0.25, 0.3) is 0 Å². The standard InChI is InChI=1S/C12H20ClNO2/c13-11-5-1-3-9(11)7-14-12(15)10-4-2-6-16-8-10/h9-11H,1-8H2,(H,14,15). The summed E-state index contributed by atoms with van der Waals surface area (Å²) < 4.78 is 5.31. The van der Waals surface area contributed by atoms with Crippen molar-refractivity contribution in [3.63, 3.8) is 0 Å². The lowest BCUT2D eigenvalue weighted by Crippen LogP contribution is -2.38. The van der Waals surface area contributed by atoms with Crippen LogP contribution in [0.2, 0.25) is 0 Å². The number of carbonyl (C=O) groups is 1. The van der Waals surface area contributed by atoms with Crippen molar-refractivity contribution < 1.29 is 9.53 Å². The summed E-state index contributed by atoms with van der Waals surface area (Å²) >= 11 is 6.17. The molecule has 16 heavy (non-hydrogen) atoms. The first-order valence-corrected chi connectivity index (χ1v) is 6.70. The molecule has 4 heteroatoms. The topological polar surface area (TPSA) is 38.3 Å². The molecule has 0 aromatic heterocycles. The summed E-state index contributed by atoms with van der Waals surface area (Å²) in [6.45, 7) is 2.13. The molecule has 1 amide bonds. The Hall–Kier alpha value is -0.280. The number of rotatable bonds is 3. The van der Waals surface area contributed by atoms with E-state index in [1.54, 1.807) is 0 Å². The van der Waals surface area contributed by atoms with Crippen molar-refractivity contribution in [2.24, 2.45) is 11.8 Å². The highest BCUT2D eigenvalue weighted by molar-refractivity contribution is 6.20. The second-order valence-electron chi connectivity index (χ2n) is 4.87. The normalized spacial score (nSPS) is 34.9. The molecule has 3 atom stereocenters. The molecule has 1 heterocycles. The third-order valence-electron chi connectivity index (χ3n) is 3.64. The maximum absolute atomic E-state index is 11.8. The van der Waals surface area contributed by atoms with Crippen LogP contribution in [0.3, 0.4) is 0 Å². The smallest absolute Gasteiger partial charge is 0.225 e. The highest BCUT2D eigenvalue weighted by Crippen LogP contribution is 2.29. The van der Waals surface area contributed by atoms with Gasteiger partial charge in [-0.3, -0.25) is 4.79 Å². The van der Waals surface area contributed by atoms with E-state index in [1.165, 1.54) is 6.42 Å². The van der Waals surface area contributed by atoms with Gasteiger partial charge in [0.05, 0.1) is 12.5 Å². The maximum atomic E-state index is 11.8. The van der Waals surface area contributed by atoms with Crippen LogP contribution in [0, 0.1) is 11.8 Å². The van der Waals surface area contributed by atoms with Gasteiger partial charge in [0.1, 0.15) is 0 Å². The molecule has 3 nitrogen and oxygen atoms in total. The number of halogens is 1. The van der Waals surface area contributed by atoms with Crippen molar-refractivity contribution >= 4 is 17.5 Å². The summed E-state index contributed by atoms with van der Waals surface area (Å²) in [7, 11) is 0. The van der Waals surface area contributed by atoms with E-state index >= 15 is 0 Å². The van der Waals surface area contributed by atoms with Gasteiger partial charge in [-0.1, -0.05) is 6.42 Å². The fourth-order valence-electron chi connectivity index (χ4n) is 2.55. The average Bonchev–Trinajstić information content (AvgIpc) is 2.73. The molecule has 3 unspecified atom stereocenters. The Kier molecular flexibility index (Phi) is 4.47. The van der Waals surface area contributed by atoms with Crippen LogP contribution in [0.1, 0.15) is 32.1 Å². The Balaban J connectivity index is 1.70. The Labute approximate surface area is 102 Å². The monoisotopic (exact) mass is 245 g/mol. The van der Waals surface area contributed by atoms with Crippen molar-refractivity contribution in [2.75, 3.05) is 19.8 Å². The first-order valence-electron chi connectivity index (χ1n) is 6.27. The third kappa shape index (κ3) is 3.11. The van der Waals surface area contributed by atoms with Gasteiger partial charge in [0, 0.05) is 18.5 Å². The van der Waals surface area contributed by atoms with Gasteiger partial charge in [0.15, 0.2) is 0 Å². The molecular formula is C12H20ClNO2. The number of alkyl halides is 1. The van der Waals surface area contributed by atoms with Crippen LogP contribution in [-0.4, -0.2) is 31.0 Å². The van der Waals surface area contributed by atoms with E-state index < -0.39 is 0 Å². The lowest BCUT2D eigenvalue weighted by molar-refractivity contribution is -0.129. The summed E-state index contributed by atoms with van der Waals surface area (Å²) in [5.74, 6) is 0.675. The van der Waals surface area contributed by atoms with Gasteiger partial charge in [-0.05, 0) is 31.6 Å². The molecule has 0 bridgehead atoms. The van der Waals surface area contributed by atoms with Crippen LogP contribution >= 0.6 is 11.6 Å². The molecule has 0 aromatic carbocycles. The van der Waals surface area contributed by atoms with Crippen LogP contribution < -0.4 is 5.32 Å². The van der Waals surface area contributed by atoms with E-state index in [4.69, 9.17) is 16.3 Å². The zero-order valence-electron chi connectivity index (χ0n) is 9.58. The van der Waals surface area contributed by atoms with Gasteiger partial charge in [0.2, 0.25) is 5.91 Å². The average molecular weight is 246 g/mol. The van der Waals surface area contributed by atoms with Gasteiger partial charge < -0.3 is 10.1 Å². The van der Waals surface area contributed by atoms with Crippen LogP contribution in [0.15, 0.2) is 0 Å². The van der Waals surface area contributed by atoms with E-state index in [0.717, 1.165) is 38.8 Å². The van der Waals surface area contributed by atoms with Crippen molar-refractivity contribution in [1.82, 2.24) is 5.32 Å². The minimum atomic E-state index is 0.0592. The number of amides is 1. The molecule has 0 radical (unpaired) electrons. The molecule has 1 saturated heterocycles. The minimum absolute atomic E-state index is 0.0592. The largest absolute Gasteiger partial charge is 0.381 e. The predicted molar refractivity (Wildman–Crippen MR) is 63.5 cm³/mol. The van der Waals surface area contributed by atoms with E-state index in [9.17, 15) is 4.79 Å². The molecule has 2 fully saturated rings. The number of nitrogens with one attached hydrogen (secondary N) is 1. The van der Waals surface area contributed by atoms with Crippen molar-refractivity contribution in [2.45, 2.75) is 37.5 Å². The molecule has 1 N–H and O–H groups in total. The van der Waals surface area contributed by atoms with Crippen molar-refractivity contribution in [3.8, 4) is 0 Å². The second-order valence-corrected chi connectivity index (χ2v) is 5.43. The Morgan fingerprint density at radius 2 is 2.19 bits per heavy atom. The lowest BCUT2D eigenvalue weighted by atomic mass is 10.0. The zero-order valence-corrected chi connectivity index (χ0v) is 10.3. The fourth-order valence-corrected chi connectivity index (χ4v) is 2.91. The van der Waals surface area contributed by atoms with Crippen molar-refractivity contribution in [3.05, 3.63) is 0 Å². The van der Waals surface area contributed by atoms with Gasteiger partial charge >= 0.3 is 0 Å². The molecule has 2 aliphatic rings. The Morgan fingerprint density at radius 3 is 2.81 bits per heavy atom. The quantitative estimate of drug-likeness (QED) is 0.772. The minimum Gasteiger partial charge on any atom is -0.381 e. The summed E-state index contributed by atoms with van der Waals surface area (Å²) in [6, 6.07) is 0. The molecule has 92 valence electrons. The molecule has 1 aliphatic heterocycles. The van der Waals surface area contributed by atoms with Crippen LogP contribution in [0.25, 0.3) is 0 Å². The first-order chi connectivity index (χ1) is 7.77. The van der Waals surface area contributed by atoms with E-state index in [2.05, 4.69) is 5.32 Å². The Morgan fingerprint density at radius 1 is 1.31 bits per heavy atom. The number of hydrogen-bond acceptors (Lipinski definition) is 2.